The standard InChI is InChI=1S/C25H30N2O5S/c1-17(26-21(24(29)30)13-12-18-8-4-2-5-9-18)23(28)27-15-20(14-22(27)25(31)32)33-16-19-10-6-3-7-11-19/h2-11,17,20-22,26H,12-16H2,1H3,(H,29,30)(H,31,32)/t17-,20-,21?,22-/m0/s1. The van der Waals surface area contributed by atoms with Crippen molar-refractivity contribution in [1.82, 2.24) is 10.2 Å². The van der Waals surface area contributed by atoms with Crippen LogP contribution in [0, 0.1) is 0 Å². The Labute approximate surface area is 198 Å². The molecule has 4 atom stereocenters. The van der Waals surface area contributed by atoms with Crippen molar-refractivity contribution in [2.75, 3.05) is 6.54 Å². The smallest absolute Gasteiger partial charge is 0.326 e. The lowest BCUT2D eigenvalue weighted by molar-refractivity contribution is -0.149. The molecule has 1 saturated heterocycles. The highest BCUT2D eigenvalue weighted by atomic mass is 32.2. The second-order valence-corrected chi connectivity index (χ2v) is 9.59. The molecule has 1 fully saturated rings. The number of nitrogens with zero attached hydrogens (tertiary/aromatic N) is 1. The van der Waals surface area contributed by atoms with Crippen LogP contribution >= 0.6 is 11.8 Å². The molecule has 2 aromatic carbocycles. The van der Waals surface area contributed by atoms with E-state index < -0.39 is 30.1 Å². The number of carboxylic acid groups (broad SMARTS) is 2. The van der Waals surface area contributed by atoms with Crippen LogP contribution in [-0.2, 0) is 26.6 Å². The topological polar surface area (TPSA) is 107 Å². The largest absolute Gasteiger partial charge is 0.480 e. The molecule has 1 unspecified atom stereocenters. The highest BCUT2D eigenvalue weighted by Gasteiger charge is 2.41. The Hall–Kier alpha value is -2.84. The molecule has 0 bridgehead atoms. The van der Waals surface area contributed by atoms with Crippen molar-refractivity contribution >= 4 is 29.6 Å². The highest BCUT2D eigenvalue weighted by molar-refractivity contribution is 7.99. The number of hydrogen-bond acceptors (Lipinski definition) is 5. The van der Waals surface area contributed by atoms with E-state index in [1.54, 1.807) is 18.7 Å². The molecular weight excluding hydrogens is 440 g/mol. The number of rotatable bonds is 11. The SMILES string of the molecule is C[C@H](NC(CCc1ccccc1)C(=O)O)C(=O)N1C[C@@H](SCc2ccccc2)C[C@H]1C(=O)O. The lowest BCUT2D eigenvalue weighted by Crippen LogP contribution is -2.53. The zero-order valence-electron chi connectivity index (χ0n) is 18.6. The van der Waals surface area contributed by atoms with Gasteiger partial charge in [-0.1, -0.05) is 60.7 Å². The summed E-state index contributed by atoms with van der Waals surface area (Å²) in [6.45, 7) is 1.94. The molecule has 1 amide bonds. The quantitative estimate of drug-likeness (QED) is 0.463. The van der Waals surface area contributed by atoms with E-state index in [0.717, 1.165) is 16.9 Å². The molecule has 8 heteroatoms. The van der Waals surface area contributed by atoms with Gasteiger partial charge in [0, 0.05) is 17.5 Å². The molecule has 3 N–H and O–H groups in total. The zero-order chi connectivity index (χ0) is 23.8. The molecule has 7 nitrogen and oxygen atoms in total. The van der Waals surface area contributed by atoms with Gasteiger partial charge in [0.1, 0.15) is 12.1 Å². The number of carboxylic acids is 2. The van der Waals surface area contributed by atoms with Crippen molar-refractivity contribution in [2.24, 2.45) is 0 Å². The van der Waals surface area contributed by atoms with Crippen LogP contribution in [0.15, 0.2) is 60.7 Å². The molecule has 0 radical (unpaired) electrons. The van der Waals surface area contributed by atoms with Gasteiger partial charge in [0.05, 0.1) is 6.04 Å². The van der Waals surface area contributed by atoms with Gasteiger partial charge in [-0.05, 0) is 37.3 Å². The van der Waals surface area contributed by atoms with Crippen LogP contribution in [0.3, 0.4) is 0 Å². The van der Waals surface area contributed by atoms with Crippen LogP contribution in [0.4, 0.5) is 0 Å². The van der Waals surface area contributed by atoms with Gasteiger partial charge in [0.25, 0.3) is 0 Å². The lowest BCUT2D eigenvalue weighted by Gasteiger charge is -2.27. The van der Waals surface area contributed by atoms with E-state index in [1.165, 1.54) is 4.90 Å². The number of carbonyl (C=O) groups is 3. The zero-order valence-corrected chi connectivity index (χ0v) is 19.4. The minimum Gasteiger partial charge on any atom is -0.480 e. The number of amides is 1. The maximum Gasteiger partial charge on any atom is 0.326 e. The number of thioether (sulfide) groups is 1. The van der Waals surface area contributed by atoms with E-state index in [9.17, 15) is 24.6 Å². The van der Waals surface area contributed by atoms with E-state index in [-0.39, 0.29) is 11.2 Å². The minimum atomic E-state index is -1.03. The summed E-state index contributed by atoms with van der Waals surface area (Å²) in [5, 5.41) is 22.2. The Balaban J connectivity index is 1.58. The number of nitrogens with one attached hydrogen (secondary N) is 1. The van der Waals surface area contributed by atoms with Gasteiger partial charge in [0.15, 0.2) is 0 Å². The van der Waals surface area contributed by atoms with Crippen LogP contribution < -0.4 is 5.32 Å². The Morgan fingerprint density at radius 1 is 1.03 bits per heavy atom. The van der Waals surface area contributed by atoms with Gasteiger partial charge in [-0.15, -0.1) is 0 Å². The molecule has 3 rings (SSSR count). The third kappa shape index (κ3) is 7.07. The molecule has 0 aromatic heterocycles. The first-order valence-corrected chi connectivity index (χ1v) is 12.1. The molecular formula is C25H30N2O5S. The summed E-state index contributed by atoms with van der Waals surface area (Å²) < 4.78 is 0. The highest BCUT2D eigenvalue weighted by Crippen LogP contribution is 2.30. The normalized spacial score (nSPS) is 19.7. The summed E-state index contributed by atoms with van der Waals surface area (Å²) in [4.78, 5) is 38.1. The van der Waals surface area contributed by atoms with Crippen molar-refractivity contribution in [3.8, 4) is 0 Å². The van der Waals surface area contributed by atoms with Crippen LogP contribution in [0.1, 0.15) is 30.9 Å². The Morgan fingerprint density at radius 2 is 1.64 bits per heavy atom. The van der Waals surface area contributed by atoms with Crippen LogP contribution in [0.2, 0.25) is 0 Å². The van der Waals surface area contributed by atoms with Crippen LogP contribution in [0.5, 0.6) is 0 Å². The first-order chi connectivity index (χ1) is 15.8. The summed E-state index contributed by atoms with van der Waals surface area (Å²) in [6.07, 6.45) is 1.27. The van der Waals surface area contributed by atoms with Crippen molar-refractivity contribution in [3.05, 3.63) is 71.8 Å². The first kappa shape index (κ1) is 24.8. The molecule has 1 aliphatic heterocycles. The first-order valence-electron chi connectivity index (χ1n) is 11.1. The van der Waals surface area contributed by atoms with E-state index >= 15 is 0 Å². The molecule has 176 valence electrons. The number of aliphatic carboxylic acids is 2. The summed E-state index contributed by atoms with van der Waals surface area (Å²) in [6, 6.07) is 16.9. The Bertz CT molecular complexity index is 940. The summed E-state index contributed by atoms with van der Waals surface area (Å²) in [5.74, 6) is -1.69. The van der Waals surface area contributed by atoms with Crippen molar-refractivity contribution < 1.29 is 24.6 Å². The fourth-order valence-electron chi connectivity index (χ4n) is 4.04. The van der Waals surface area contributed by atoms with E-state index in [0.29, 0.717) is 25.8 Å². The van der Waals surface area contributed by atoms with Gasteiger partial charge < -0.3 is 15.1 Å². The molecule has 2 aromatic rings. The number of benzene rings is 2. The maximum atomic E-state index is 13.1. The number of hydrogen-bond donors (Lipinski definition) is 3. The molecule has 0 aliphatic carbocycles. The van der Waals surface area contributed by atoms with E-state index in [4.69, 9.17) is 0 Å². The van der Waals surface area contributed by atoms with Crippen molar-refractivity contribution in [2.45, 2.75) is 55.3 Å². The maximum absolute atomic E-state index is 13.1. The van der Waals surface area contributed by atoms with E-state index in [1.807, 2.05) is 60.7 Å². The van der Waals surface area contributed by atoms with Gasteiger partial charge in [-0.2, -0.15) is 11.8 Å². The van der Waals surface area contributed by atoms with Gasteiger partial charge in [-0.3, -0.25) is 14.9 Å². The average Bonchev–Trinajstić information content (AvgIpc) is 3.25. The number of likely N-dealkylation sites (tertiary alicyclic amines) is 1. The average molecular weight is 471 g/mol. The second kappa shape index (κ2) is 11.9. The van der Waals surface area contributed by atoms with Crippen molar-refractivity contribution in [3.63, 3.8) is 0 Å². The van der Waals surface area contributed by atoms with Gasteiger partial charge >= 0.3 is 11.9 Å². The third-order valence-corrected chi connectivity index (χ3v) is 7.16. The third-order valence-electron chi connectivity index (χ3n) is 5.84. The van der Waals surface area contributed by atoms with Crippen LogP contribution in [-0.4, -0.2) is 62.9 Å². The summed E-state index contributed by atoms with van der Waals surface area (Å²) in [7, 11) is 0. The van der Waals surface area contributed by atoms with Crippen LogP contribution in [0.25, 0.3) is 0 Å². The van der Waals surface area contributed by atoms with Crippen molar-refractivity contribution in [1.29, 1.82) is 0 Å². The Morgan fingerprint density at radius 3 is 2.21 bits per heavy atom. The molecule has 1 aliphatic rings. The van der Waals surface area contributed by atoms with Gasteiger partial charge in [0.2, 0.25) is 5.91 Å². The predicted octanol–water partition coefficient (Wildman–Crippen LogP) is 3.04. The number of carbonyl (C=O) groups excluding carboxylic acids is 1. The lowest BCUT2D eigenvalue weighted by atomic mass is 10.0. The monoisotopic (exact) mass is 470 g/mol. The van der Waals surface area contributed by atoms with E-state index in [2.05, 4.69) is 5.32 Å². The molecule has 0 saturated carbocycles. The fourth-order valence-corrected chi connectivity index (χ4v) is 5.24. The molecule has 1 heterocycles. The summed E-state index contributed by atoms with van der Waals surface area (Å²) >= 11 is 1.64. The predicted molar refractivity (Wildman–Crippen MR) is 128 cm³/mol. The Kier molecular flexibility index (Phi) is 8.91. The number of aryl methyl sites for hydroxylation is 1. The second-order valence-electron chi connectivity index (χ2n) is 8.30. The molecule has 33 heavy (non-hydrogen) atoms. The minimum absolute atomic E-state index is 0.0100. The molecule has 0 spiro atoms. The fraction of sp³-hybridized carbons (Fsp3) is 0.400. The van der Waals surface area contributed by atoms with Gasteiger partial charge in [-0.25, -0.2) is 4.79 Å². The summed E-state index contributed by atoms with van der Waals surface area (Å²) in [5.41, 5.74) is 2.17.